The number of rotatable bonds is 6. The van der Waals surface area contributed by atoms with Gasteiger partial charge in [0.05, 0.1) is 11.5 Å². The van der Waals surface area contributed by atoms with E-state index in [2.05, 4.69) is 9.80 Å². The lowest BCUT2D eigenvalue weighted by Crippen LogP contribution is -2.50. The Labute approximate surface area is 189 Å². The van der Waals surface area contributed by atoms with E-state index in [1.807, 2.05) is 19.1 Å². The van der Waals surface area contributed by atoms with Crippen LogP contribution in [0.25, 0.3) is 0 Å². The molecule has 1 spiro atoms. The van der Waals surface area contributed by atoms with E-state index in [0.29, 0.717) is 32.4 Å². The van der Waals surface area contributed by atoms with Gasteiger partial charge in [0.25, 0.3) is 0 Å². The molecule has 0 aromatic heterocycles. The van der Waals surface area contributed by atoms with E-state index in [4.69, 9.17) is 10.5 Å². The maximum Gasteiger partial charge on any atom is 0.312 e. The van der Waals surface area contributed by atoms with Crippen molar-refractivity contribution >= 4 is 17.6 Å². The number of nitrogens with zero attached hydrogens (tertiary/aromatic N) is 3. The smallest absolute Gasteiger partial charge is 0.312 e. The molecule has 0 radical (unpaired) electrons. The molecule has 3 aliphatic rings. The highest BCUT2D eigenvalue weighted by Crippen LogP contribution is 2.44. The Morgan fingerprint density at radius 1 is 1.16 bits per heavy atom. The molecule has 0 unspecified atom stereocenters. The molecule has 2 atom stereocenters. The number of hydrogen-bond donors (Lipinski definition) is 1. The Bertz CT molecular complexity index is 802. The second kappa shape index (κ2) is 9.75. The minimum absolute atomic E-state index is 0.00922. The first kappa shape index (κ1) is 23.0. The summed E-state index contributed by atoms with van der Waals surface area (Å²) in [5, 5.41) is 0. The van der Waals surface area contributed by atoms with Crippen LogP contribution in [0.2, 0.25) is 0 Å². The zero-order valence-corrected chi connectivity index (χ0v) is 19.0. The Kier molecular flexibility index (Phi) is 7.00. The molecule has 2 N–H and O–H groups in total. The molecule has 3 fully saturated rings. The first-order valence-electron chi connectivity index (χ1n) is 11.9. The Hall–Kier alpha value is -2.19. The third-order valence-corrected chi connectivity index (χ3v) is 7.45. The maximum absolute atomic E-state index is 13.1. The summed E-state index contributed by atoms with van der Waals surface area (Å²) in [7, 11) is 0. The van der Waals surface area contributed by atoms with Crippen molar-refractivity contribution in [3.05, 3.63) is 30.1 Å². The highest BCUT2D eigenvalue weighted by molar-refractivity contribution is 5.83. The van der Waals surface area contributed by atoms with Crippen molar-refractivity contribution < 1.29 is 18.7 Å². The van der Waals surface area contributed by atoms with E-state index >= 15 is 0 Å². The van der Waals surface area contributed by atoms with E-state index in [1.165, 1.54) is 12.1 Å². The molecule has 3 aliphatic heterocycles. The maximum atomic E-state index is 13.1. The summed E-state index contributed by atoms with van der Waals surface area (Å²) < 4.78 is 18.9. The summed E-state index contributed by atoms with van der Waals surface area (Å²) in [5.41, 5.74) is 6.52. The van der Waals surface area contributed by atoms with E-state index in [9.17, 15) is 14.0 Å². The molecule has 3 saturated heterocycles. The summed E-state index contributed by atoms with van der Waals surface area (Å²) >= 11 is 0. The molecule has 7 nitrogen and oxygen atoms in total. The molecule has 1 aromatic rings. The van der Waals surface area contributed by atoms with Gasteiger partial charge in [-0.2, -0.15) is 0 Å². The predicted molar refractivity (Wildman–Crippen MR) is 121 cm³/mol. The van der Waals surface area contributed by atoms with Gasteiger partial charge in [0, 0.05) is 57.9 Å². The Morgan fingerprint density at radius 3 is 2.44 bits per heavy atom. The van der Waals surface area contributed by atoms with E-state index < -0.39 is 11.5 Å². The normalized spacial score (nSPS) is 24.6. The molecule has 32 heavy (non-hydrogen) atoms. The number of hydrogen-bond acceptors (Lipinski definition) is 6. The molecule has 1 amide bonds. The van der Waals surface area contributed by atoms with E-state index in [0.717, 1.165) is 51.3 Å². The van der Waals surface area contributed by atoms with E-state index in [1.54, 1.807) is 4.90 Å². The average Bonchev–Trinajstić information content (AvgIpc) is 3.12. The minimum Gasteiger partial charge on any atom is -0.462 e. The second-order valence-corrected chi connectivity index (χ2v) is 9.45. The molecule has 3 heterocycles. The zero-order valence-electron chi connectivity index (χ0n) is 19.0. The fraction of sp³-hybridized carbons (Fsp3) is 0.667. The molecule has 4 rings (SSSR count). The van der Waals surface area contributed by atoms with Gasteiger partial charge in [0.15, 0.2) is 0 Å². The van der Waals surface area contributed by atoms with Gasteiger partial charge in [-0.1, -0.05) is 6.92 Å². The Balaban J connectivity index is 1.21. The van der Waals surface area contributed by atoms with Crippen molar-refractivity contribution in [2.75, 3.05) is 50.7 Å². The molecule has 0 saturated carbocycles. The van der Waals surface area contributed by atoms with Crippen LogP contribution in [-0.2, 0) is 14.3 Å². The average molecular weight is 447 g/mol. The first-order valence-corrected chi connectivity index (χ1v) is 11.9. The fourth-order valence-electron chi connectivity index (χ4n) is 5.18. The largest absolute Gasteiger partial charge is 0.462 e. The summed E-state index contributed by atoms with van der Waals surface area (Å²) in [5.74, 6) is -0.307. The van der Waals surface area contributed by atoms with Crippen LogP contribution >= 0.6 is 0 Å². The van der Waals surface area contributed by atoms with Gasteiger partial charge in [0.2, 0.25) is 5.91 Å². The molecular formula is C24H35FN4O3. The van der Waals surface area contributed by atoms with Gasteiger partial charge in [-0.15, -0.1) is 0 Å². The van der Waals surface area contributed by atoms with Gasteiger partial charge >= 0.3 is 5.97 Å². The van der Waals surface area contributed by atoms with Crippen LogP contribution in [0.1, 0.15) is 39.0 Å². The van der Waals surface area contributed by atoms with Gasteiger partial charge < -0.3 is 20.3 Å². The van der Waals surface area contributed by atoms with Crippen LogP contribution in [0.4, 0.5) is 10.1 Å². The fourth-order valence-corrected chi connectivity index (χ4v) is 5.18. The topological polar surface area (TPSA) is 79.1 Å². The van der Waals surface area contributed by atoms with Crippen LogP contribution in [0.3, 0.4) is 0 Å². The van der Waals surface area contributed by atoms with Crippen molar-refractivity contribution in [2.24, 2.45) is 11.1 Å². The van der Waals surface area contributed by atoms with Crippen molar-refractivity contribution in [1.82, 2.24) is 9.80 Å². The number of esters is 1. The number of nitrogens with two attached hydrogens (primary N) is 1. The van der Waals surface area contributed by atoms with Crippen molar-refractivity contribution in [3.63, 3.8) is 0 Å². The number of carbonyl (C=O) groups excluding carboxylic acids is 2. The lowest BCUT2D eigenvalue weighted by Gasteiger charge is -2.37. The summed E-state index contributed by atoms with van der Waals surface area (Å²) in [6.45, 7) is 7.68. The monoisotopic (exact) mass is 446 g/mol. The second-order valence-electron chi connectivity index (χ2n) is 9.45. The van der Waals surface area contributed by atoms with Crippen LogP contribution in [0, 0.1) is 11.2 Å². The van der Waals surface area contributed by atoms with Crippen LogP contribution in [0.15, 0.2) is 24.3 Å². The highest BCUT2D eigenvalue weighted by Gasteiger charge is 2.50. The summed E-state index contributed by atoms with van der Waals surface area (Å²) in [6, 6.07) is 6.22. The van der Waals surface area contributed by atoms with Crippen molar-refractivity contribution in [1.29, 1.82) is 0 Å². The quantitative estimate of drug-likeness (QED) is 0.674. The molecule has 0 aliphatic carbocycles. The first-order chi connectivity index (χ1) is 15.4. The molecular weight excluding hydrogens is 411 g/mol. The zero-order chi connectivity index (χ0) is 22.7. The number of piperazine rings is 1. The predicted octanol–water partition coefficient (Wildman–Crippen LogP) is 2.00. The van der Waals surface area contributed by atoms with Gasteiger partial charge in [-0.3, -0.25) is 14.5 Å². The number of cyclic esters (lactones) is 1. The highest BCUT2D eigenvalue weighted by atomic mass is 19.1. The molecule has 176 valence electrons. The van der Waals surface area contributed by atoms with Crippen LogP contribution < -0.4 is 10.6 Å². The number of amides is 1. The third kappa shape index (κ3) is 4.91. The van der Waals surface area contributed by atoms with Gasteiger partial charge in [-0.25, -0.2) is 4.39 Å². The number of ether oxygens (including phenoxy) is 1. The number of benzene rings is 1. The number of piperidine rings is 1. The SMILES string of the molecule is CC[C@H](N)C(=O)N1CCC2(CC1)C[C@H](CCN1CCN(c3ccc(F)cc3)CC1)OC2=O. The standard InChI is InChI=1S/C24H35FN4O3/c1-2-21(26)22(30)29-11-8-24(9-12-29)17-20(32-23(24)31)7-10-27-13-15-28(16-14-27)19-5-3-18(25)4-6-19/h3-6,20-21H,2,7-17,26H2,1H3/t20-,21-/m0/s1. The van der Waals surface area contributed by atoms with Gasteiger partial charge in [-0.05, 0) is 49.9 Å². The number of anilines is 1. The summed E-state index contributed by atoms with van der Waals surface area (Å²) in [6.07, 6.45) is 3.51. The lowest BCUT2D eigenvalue weighted by atomic mass is 9.75. The van der Waals surface area contributed by atoms with Gasteiger partial charge in [0.1, 0.15) is 11.9 Å². The van der Waals surface area contributed by atoms with Crippen molar-refractivity contribution in [2.45, 2.75) is 51.2 Å². The lowest BCUT2D eigenvalue weighted by molar-refractivity contribution is -0.152. The Morgan fingerprint density at radius 2 is 1.81 bits per heavy atom. The van der Waals surface area contributed by atoms with E-state index in [-0.39, 0.29) is 23.8 Å². The van der Waals surface area contributed by atoms with Crippen molar-refractivity contribution in [3.8, 4) is 0 Å². The third-order valence-electron chi connectivity index (χ3n) is 7.45. The minimum atomic E-state index is -0.448. The molecule has 0 bridgehead atoms. The number of carbonyl (C=O) groups is 2. The van der Waals surface area contributed by atoms with Crippen LogP contribution in [0.5, 0.6) is 0 Å². The van der Waals surface area contributed by atoms with Crippen LogP contribution in [-0.4, -0.2) is 79.6 Å². The summed E-state index contributed by atoms with van der Waals surface area (Å²) in [4.78, 5) is 31.5. The number of halogens is 1. The molecule has 1 aromatic carbocycles. The number of likely N-dealkylation sites (tertiary alicyclic amines) is 1. The molecule has 8 heteroatoms.